The van der Waals surface area contributed by atoms with Gasteiger partial charge in [-0.2, -0.15) is 0 Å². The van der Waals surface area contributed by atoms with Crippen LogP contribution in [0.1, 0.15) is 47.0 Å². The highest BCUT2D eigenvalue weighted by molar-refractivity contribution is 5.77. The number of hydrogen-bond donors (Lipinski definition) is 2. The van der Waals surface area contributed by atoms with Crippen LogP contribution in [-0.2, 0) is 4.79 Å². The summed E-state index contributed by atoms with van der Waals surface area (Å²) in [6.07, 6.45) is 3.35. The minimum atomic E-state index is 0.105. The van der Waals surface area contributed by atoms with Crippen LogP contribution in [0.5, 0.6) is 0 Å². The highest BCUT2D eigenvalue weighted by Crippen LogP contribution is 2.05. The van der Waals surface area contributed by atoms with E-state index < -0.39 is 0 Å². The lowest BCUT2D eigenvalue weighted by atomic mass is 10.0. The van der Waals surface area contributed by atoms with Crippen LogP contribution in [-0.4, -0.2) is 25.0 Å². The number of carbonyl (C=O) groups excluding carboxylic acids is 1. The molecule has 15 heavy (non-hydrogen) atoms. The van der Waals surface area contributed by atoms with E-state index in [9.17, 15) is 4.79 Å². The molecule has 1 amide bonds. The smallest absolute Gasteiger partial charge is 0.233 e. The molecule has 1 unspecified atom stereocenters. The molecule has 0 aromatic carbocycles. The monoisotopic (exact) mass is 214 g/mol. The Kier molecular flexibility index (Phi) is 8.38. The van der Waals surface area contributed by atoms with Crippen molar-refractivity contribution >= 4 is 5.91 Å². The van der Waals surface area contributed by atoms with Gasteiger partial charge in [-0.25, -0.2) is 0 Å². The van der Waals surface area contributed by atoms with Gasteiger partial charge in [-0.15, -0.1) is 0 Å². The van der Waals surface area contributed by atoms with Gasteiger partial charge in [0.25, 0.3) is 0 Å². The summed E-state index contributed by atoms with van der Waals surface area (Å²) in [7, 11) is 0. The highest BCUT2D eigenvalue weighted by atomic mass is 16.1. The van der Waals surface area contributed by atoms with Gasteiger partial charge in [0.2, 0.25) is 5.91 Å². The van der Waals surface area contributed by atoms with Crippen molar-refractivity contribution in [1.29, 1.82) is 0 Å². The summed E-state index contributed by atoms with van der Waals surface area (Å²) in [5.74, 6) is 0.844. The molecule has 0 aliphatic carbocycles. The zero-order valence-electron chi connectivity index (χ0n) is 10.6. The van der Waals surface area contributed by atoms with Crippen molar-refractivity contribution in [1.82, 2.24) is 10.6 Å². The fraction of sp³-hybridized carbons (Fsp3) is 0.917. The summed E-state index contributed by atoms with van der Waals surface area (Å²) in [5.41, 5.74) is 0. The number of amides is 1. The quantitative estimate of drug-likeness (QED) is 0.648. The maximum Gasteiger partial charge on any atom is 0.233 e. The van der Waals surface area contributed by atoms with E-state index in [0.29, 0.717) is 12.6 Å². The fourth-order valence-electron chi connectivity index (χ4n) is 1.28. The summed E-state index contributed by atoms with van der Waals surface area (Å²) >= 11 is 0. The van der Waals surface area contributed by atoms with Crippen LogP contribution in [0, 0.1) is 5.92 Å². The van der Waals surface area contributed by atoms with Gasteiger partial charge in [0.05, 0.1) is 6.54 Å². The van der Waals surface area contributed by atoms with Crippen LogP contribution in [0.3, 0.4) is 0 Å². The standard InChI is InChI=1S/C12H26N2O/c1-5-8-13-12(15)9-14-11(4)7-6-10(2)3/h10-11,14H,5-9H2,1-4H3,(H,13,15). The molecule has 0 saturated carbocycles. The summed E-state index contributed by atoms with van der Waals surface area (Å²) in [6.45, 7) is 9.86. The average Bonchev–Trinajstić information content (AvgIpc) is 2.20. The first-order chi connectivity index (χ1) is 7.06. The average molecular weight is 214 g/mol. The molecule has 0 bridgehead atoms. The molecule has 0 aromatic heterocycles. The summed E-state index contributed by atoms with van der Waals surface area (Å²) in [6, 6.07) is 0.430. The van der Waals surface area contributed by atoms with E-state index in [1.165, 1.54) is 6.42 Å². The van der Waals surface area contributed by atoms with E-state index in [1.54, 1.807) is 0 Å². The summed E-state index contributed by atoms with van der Waals surface area (Å²) in [4.78, 5) is 11.3. The molecule has 0 spiro atoms. The zero-order valence-corrected chi connectivity index (χ0v) is 10.6. The number of carbonyl (C=O) groups is 1. The molecular formula is C12H26N2O. The first-order valence-electron chi connectivity index (χ1n) is 6.06. The second-order valence-electron chi connectivity index (χ2n) is 4.60. The zero-order chi connectivity index (χ0) is 11.7. The molecule has 0 saturated heterocycles. The summed E-state index contributed by atoms with van der Waals surface area (Å²) < 4.78 is 0. The predicted molar refractivity (Wildman–Crippen MR) is 64.8 cm³/mol. The second kappa shape index (κ2) is 8.72. The molecule has 3 nitrogen and oxygen atoms in total. The molecule has 0 fully saturated rings. The molecule has 3 heteroatoms. The Morgan fingerprint density at radius 2 is 1.87 bits per heavy atom. The van der Waals surface area contributed by atoms with Crippen LogP contribution in [0.2, 0.25) is 0 Å². The van der Waals surface area contributed by atoms with Crippen molar-refractivity contribution < 1.29 is 4.79 Å². The topological polar surface area (TPSA) is 41.1 Å². The van der Waals surface area contributed by atoms with E-state index in [1.807, 2.05) is 0 Å². The Balaban J connectivity index is 3.44. The molecule has 0 rings (SSSR count). The van der Waals surface area contributed by atoms with Gasteiger partial charge in [-0.1, -0.05) is 20.8 Å². The van der Waals surface area contributed by atoms with Crippen LogP contribution in [0.15, 0.2) is 0 Å². The Morgan fingerprint density at radius 3 is 2.40 bits per heavy atom. The van der Waals surface area contributed by atoms with Gasteiger partial charge < -0.3 is 10.6 Å². The lowest BCUT2D eigenvalue weighted by Gasteiger charge is -2.14. The van der Waals surface area contributed by atoms with Gasteiger partial charge in [0, 0.05) is 12.6 Å². The van der Waals surface area contributed by atoms with Crippen molar-refractivity contribution in [2.45, 2.75) is 53.0 Å². The van der Waals surface area contributed by atoms with Crippen LogP contribution in [0.4, 0.5) is 0 Å². The Labute approximate surface area is 94.0 Å². The maximum atomic E-state index is 11.3. The lowest BCUT2D eigenvalue weighted by Crippen LogP contribution is -2.38. The van der Waals surface area contributed by atoms with Gasteiger partial charge in [-0.3, -0.25) is 4.79 Å². The third-order valence-electron chi connectivity index (χ3n) is 2.36. The van der Waals surface area contributed by atoms with Gasteiger partial charge in [0.15, 0.2) is 0 Å². The van der Waals surface area contributed by atoms with Crippen LogP contribution < -0.4 is 10.6 Å². The third-order valence-corrected chi connectivity index (χ3v) is 2.36. The number of rotatable bonds is 8. The Bertz CT molecular complexity index is 169. The fourth-order valence-corrected chi connectivity index (χ4v) is 1.28. The van der Waals surface area contributed by atoms with Gasteiger partial charge >= 0.3 is 0 Å². The highest BCUT2D eigenvalue weighted by Gasteiger charge is 2.05. The predicted octanol–water partition coefficient (Wildman–Crippen LogP) is 1.93. The molecular weight excluding hydrogens is 188 g/mol. The molecule has 0 aromatic rings. The molecule has 0 radical (unpaired) electrons. The van der Waals surface area contributed by atoms with E-state index in [0.717, 1.165) is 25.3 Å². The van der Waals surface area contributed by atoms with E-state index >= 15 is 0 Å². The van der Waals surface area contributed by atoms with E-state index in [4.69, 9.17) is 0 Å². The van der Waals surface area contributed by atoms with Crippen molar-refractivity contribution in [2.24, 2.45) is 5.92 Å². The Hall–Kier alpha value is -0.570. The van der Waals surface area contributed by atoms with Crippen molar-refractivity contribution in [2.75, 3.05) is 13.1 Å². The molecule has 90 valence electrons. The number of nitrogens with one attached hydrogen (secondary N) is 2. The SMILES string of the molecule is CCCNC(=O)CNC(C)CCC(C)C. The second-order valence-corrected chi connectivity index (χ2v) is 4.60. The first-order valence-corrected chi connectivity index (χ1v) is 6.06. The molecule has 2 N–H and O–H groups in total. The minimum Gasteiger partial charge on any atom is -0.355 e. The Morgan fingerprint density at radius 1 is 1.20 bits per heavy atom. The van der Waals surface area contributed by atoms with Crippen LogP contribution in [0.25, 0.3) is 0 Å². The number of hydrogen-bond acceptors (Lipinski definition) is 2. The van der Waals surface area contributed by atoms with Crippen molar-refractivity contribution in [3.8, 4) is 0 Å². The van der Waals surface area contributed by atoms with Gasteiger partial charge in [-0.05, 0) is 32.1 Å². The first kappa shape index (κ1) is 14.4. The van der Waals surface area contributed by atoms with Crippen LogP contribution >= 0.6 is 0 Å². The third kappa shape index (κ3) is 9.73. The largest absolute Gasteiger partial charge is 0.355 e. The van der Waals surface area contributed by atoms with Crippen molar-refractivity contribution in [3.63, 3.8) is 0 Å². The van der Waals surface area contributed by atoms with Crippen molar-refractivity contribution in [3.05, 3.63) is 0 Å². The maximum absolute atomic E-state index is 11.3. The van der Waals surface area contributed by atoms with E-state index in [2.05, 4.69) is 38.3 Å². The molecule has 0 aliphatic rings. The molecule has 0 aliphatic heterocycles. The molecule has 0 heterocycles. The lowest BCUT2D eigenvalue weighted by molar-refractivity contribution is -0.120. The normalized spacial score (nSPS) is 12.9. The molecule has 1 atom stereocenters. The summed E-state index contributed by atoms with van der Waals surface area (Å²) in [5, 5.41) is 6.09. The minimum absolute atomic E-state index is 0.105. The van der Waals surface area contributed by atoms with E-state index in [-0.39, 0.29) is 5.91 Å². The van der Waals surface area contributed by atoms with Gasteiger partial charge in [0.1, 0.15) is 0 Å².